The Bertz CT molecular complexity index is 2390. The maximum atomic E-state index is 10.1. The molecule has 4 aromatic carbocycles. The molecule has 0 saturated heterocycles. The molecule has 0 fully saturated rings. The van der Waals surface area contributed by atoms with Crippen LogP contribution in [0.25, 0.3) is 41.6 Å². The van der Waals surface area contributed by atoms with Crippen LogP contribution in [0.2, 0.25) is 0 Å². The Balaban J connectivity index is 0.000000796. The number of nitrogens with zero attached hydrogens (tertiary/aromatic N) is 2. The second-order valence-corrected chi connectivity index (χ2v) is 15.1. The Labute approximate surface area is 403 Å². The number of para-hydroxylation sites is 2. The van der Waals surface area contributed by atoms with Crippen molar-refractivity contribution in [2.45, 2.75) is 53.4 Å². The number of carboxylic acid groups (broad SMARTS) is 4. The van der Waals surface area contributed by atoms with Gasteiger partial charge in [-0.15, -0.1) is 22.7 Å². The van der Waals surface area contributed by atoms with Gasteiger partial charge in [-0.1, -0.05) is 84.9 Å². The molecule has 21 heteroatoms. The number of hydrogen-bond donors (Lipinski definition) is 0. The summed E-state index contributed by atoms with van der Waals surface area (Å²) >= 11 is 3.48. The molecule has 0 aliphatic rings. The number of hydrogen-bond acceptors (Lipinski definition) is 20. The van der Waals surface area contributed by atoms with Gasteiger partial charge in [0.05, 0.1) is 46.1 Å². The monoisotopic (exact) mass is 1130 g/mol. The molecule has 2 aromatic heterocycles. The number of aliphatic carboxylic acids is 4. The fourth-order valence-electron chi connectivity index (χ4n) is 4.35. The van der Waals surface area contributed by atoms with E-state index in [0.717, 1.165) is 48.7 Å². The van der Waals surface area contributed by atoms with E-state index in [1.165, 1.54) is 20.5 Å². The number of thiazole rings is 2. The topological polar surface area (TPSA) is 323 Å². The zero-order chi connectivity index (χ0) is 49.9. The average Bonchev–Trinajstić information content (AvgIpc) is 3.90. The standard InChI is InChI=1S/2C13H9NS.4C5H6O4.Ir/c2*1-2-6-10(7-3-1)13-14-11-8-4-5-9-12(11)15-13;4*1-3(6)2-4(7)5(8)9;/h2*1-9H;4*2H2,1H3,(H,8,9);/q;;;;;;+4/p-4. The second-order valence-electron chi connectivity index (χ2n) is 13.1. The Morgan fingerprint density at radius 1 is 0.373 bits per heavy atom. The molecule has 0 bridgehead atoms. The number of carbonyl (C=O) groups excluding carboxylic acids is 12. The molecule has 0 N–H and O–H groups in total. The molecule has 0 aliphatic heterocycles. The first kappa shape index (κ1) is 59.5. The predicted octanol–water partition coefficient (Wildman–Crippen LogP) is 1.06. The SMILES string of the molecule is CC(=O)CC(=O)C(=O)[O-].CC(=O)CC(=O)C(=O)[O-].CC(=O)CC(=O)C(=O)[O-].CC(=O)CC(=O)C(=O)[O-].[Ir+4].c1ccc(-c2nc3ccccc3s2)cc1.c1ccc(-c2nc3ccccc3s2)cc1. The zero-order valence-corrected chi connectivity index (χ0v) is 39.8. The molecule has 67 heavy (non-hydrogen) atoms. The van der Waals surface area contributed by atoms with Crippen LogP contribution in [-0.4, -0.2) is 80.1 Å². The van der Waals surface area contributed by atoms with E-state index >= 15 is 0 Å². The van der Waals surface area contributed by atoms with Crippen molar-refractivity contribution < 1.29 is 98.1 Å². The van der Waals surface area contributed by atoms with E-state index in [1.807, 2.05) is 48.5 Å². The fraction of sp³-hybridized carbons (Fsp3) is 0.174. The minimum absolute atomic E-state index is 0. The van der Waals surface area contributed by atoms with Crippen molar-refractivity contribution in [2.24, 2.45) is 0 Å². The van der Waals surface area contributed by atoms with Crippen LogP contribution in [0.5, 0.6) is 0 Å². The van der Waals surface area contributed by atoms with Crippen molar-refractivity contribution in [3.63, 3.8) is 0 Å². The third-order valence-corrected chi connectivity index (χ3v) is 9.35. The Kier molecular flexibility index (Phi) is 27.9. The summed E-state index contributed by atoms with van der Waals surface area (Å²) < 4.78 is 2.49. The van der Waals surface area contributed by atoms with Gasteiger partial charge in [0.1, 0.15) is 57.0 Å². The van der Waals surface area contributed by atoms with E-state index in [-0.39, 0.29) is 20.1 Å². The molecule has 2 heterocycles. The van der Waals surface area contributed by atoms with Gasteiger partial charge >= 0.3 is 20.1 Å². The fourth-order valence-corrected chi connectivity index (χ4v) is 6.29. The minimum atomic E-state index is -1.80. The van der Waals surface area contributed by atoms with Crippen molar-refractivity contribution in [2.75, 3.05) is 0 Å². The first-order valence-corrected chi connectivity index (χ1v) is 20.4. The molecule has 0 atom stereocenters. The van der Waals surface area contributed by atoms with E-state index in [0.29, 0.717) is 0 Å². The minimum Gasteiger partial charge on any atom is -0.542 e. The van der Waals surface area contributed by atoms with Gasteiger partial charge in [-0.2, -0.15) is 0 Å². The third-order valence-electron chi connectivity index (χ3n) is 7.18. The Morgan fingerprint density at radius 2 is 0.597 bits per heavy atom. The molecule has 0 unspecified atom stereocenters. The van der Waals surface area contributed by atoms with Crippen molar-refractivity contribution >= 4 is 113 Å². The van der Waals surface area contributed by atoms with Crippen LogP contribution in [0.1, 0.15) is 53.4 Å². The van der Waals surface area contributed by atoms with Gasteiger partial charge in [-0.3, -0.25) is 38.4 Å². The van der Waals surface area contributed by atoms with E-state index in [9.17, 15) is 78.0 Å². The van der Waals surface area contributed by atoms with Crippen LogP contribution in [0.3, 0.4) is 0 Å². The quantitative estimate of drug-likeness (QED) is 0.109. The summed E-state index contributed by atoms with van der Waals surface area (Å²) in [7, 11) is 0. The number of ketones is 8. The van der Waals surface area contributed by atoms with Crippen LogP contribution in [0.4, 0.5) is 0 Å². The van der Waals surface area contributed by atoms with Crippen LogP contribution < -0.4 is 20.4 Å². The average molecular weight is 1130 g/mol. The summed E-state index contributed by atoms with van der Waals surface area (Å²) in [6.07, 6.45) is -2.27. The van der Waals surface area contributed by atoms with Crippen LogP contribution in [-0.2, 0) is 77.6 Å². The van der Waals surface area contributed by atoms with Crippen LogP contribution >= 0.6 is 22.7 Å². The van der Waals surface area contributed by atoms with Crippen LogP contribution in [0.15, 0.2) is 109 Å². The summed E-state index contributed by atoms with van der Waals surface area (Å²) in [5, 5.41) is 40.7. The molecule has 349 valence electrons. The van der Waals surface area contributed by atoms with Gasteiger partial charge < -0.3 is 39.6 Å². The molecule has 0 spiro atoms. The van der Waals surface area contributed by atoms with E-state index < -0.39 is 95.8 Å². The van der Waals surface area contributed by atoms with Crippen molar-refractivity contribution in [3.05, 3.63) is 109 Å². The Hall–Kier alpha value is -7.45. The van der Waals surface area contributed by atoms with Gasteiger partial charge in [0.25, 0.3) is 0 Å². The van der Waals surface area contributed by atoms with Gasteiger partial charge in [-0.05, 0) is 52.0 Å². The van der Waals surface area contributed by atoms with E-state index in [1.54, 1.807) is 22.7 Å². The number of fused-ring (bicyclic) bond motifs is 2. The molecule has 1 radical (unpaired) electrons. The van der Waals surface area contributed by atoms with Gasteiger partial charge in [0, 0.05) is 11.1 Å². The molecule has 0 amide bonds. The number of carbonyl (C=O) groups is 12. The number of Topliss-reactive ketones (excluding diaryl/α,β-unsaturated/α-hetero) is 8. The van der Waals surface area contributed by atoms with Crippen molar-refractivity contribution in [1.29, 1.82) is 0 Å². The first-order valence-electron chi connectivity index (χ1n) is 18.8. The molecular weight excluding hydrogens is 1090 g/mol. The first-order chi connectivity index (χ1) is 31.0. The third kappa shape index (κ3) is 25.0. The molecule has 6 aromatic rings. The molecule has 0 aliphatic carbocycles. The molecule has 0 saturated carbocycles. The van der Waals surface area contributed by atoms with Crippen LogP contribution in [0, 0.1) is 0 Å². The second kappa shape index (κ2) is 31.4. The summed E-state index contributed by atoms with van der Waals surface area (Å²) in [4.78, 5) is 128. The predicted molar refractivity (Wildman–Crippen MR) is 231 cm³/mol. The molecule has 18 nitrogen and oxygen atoms in total. The molecular formula is C46H38IrN2O16S2. The van der Waals surface area contributed by atoms with Gasteiger partial charge in [0.15, 0.2) is 23.1 Å². The number of carboxylic acids is 4. The summed E-state index contributed by atoms with van der Waals surface area (Å²) in [5.41, 5.74) is 4.56. The van der Waals surface area contributed by atoms with Gasteiger partial charge in [0.2, 0.25) is 0 Å². The van der Waals surface area contributed by atoms with E-state index in [4.69, 9.17) is 0 Å². The summed E-state index contributed by atoms with van der Waals surface area (Å²) in [6.45, 7) is 4.56. The zero-order valence-electron chi connectivity index (χ0n) is 35.8. The van der Waals surface area contributed by atoms with Crippen molar-refractivity contribution in [3.8, 4) is 21.1 Å². The smallest absolute Gasteiger partial charge is 0.542 e. The van der Waals surface area contributed by atoms with E-state index in [2.05, 4.69) is 70.6 Å². The largest absolute Gasteiger partial charge is 4.00 e. The molecule has 6 rings (SSSR count). The van der Waals surface area contributed by atoms with Crippen molar-refractivity contribution in [1.82, 2.24) is 9.97 Å². The number of aromatic nitrogens is 2. The summed E-state index contributed by atoms with van der Waals surface area (Å²) in [6, 6.07) is 37.1. The summed E-state index contributed by atoms with van der Waals surface area (Å²) in [5.74, 6) is -13.7. The maximum Gasteiger partial charge on any atom is 4.00 e. The maximum absolute atomic E-state index is 10.1. The number of benzene rings is 4. The normalized spacial score (nSPS) is 9.37. The number of rotatable bonds is 14. The Morgan fingerprint density at radius 3 is 0.791 bits per heavy atom. The van der Waals surface area contributed by atoms with Gasteiger partial charge in [-0.25, -0.2) is 9.97 Å².